The molecular weight excluding hydrogens is 380 g/mol. The molecule has 1 amide bonds. The van der Waals surface area contributed by atoms with E-state index in [9.17, 15) is 4.79 Å². The highest BCUT2D eigenvalue weighted by molar-refractivity contribution is 6.30. The van der Waals surface area contributed by atoms with E-state index in [0.717, 1.165) is 6.42 Å². The maximum absolute atomic E-state index is 12.3. The molecule has 1 N–H and O–H groups in total. The minimum absolute atomic E-state index is 0.205. The molecule has 3 aromatic rings. The molecule has 0 spiro atoms. The van der Waals surface area contributed by atoms with Crippen LogP contribution in [0.25, 0.3) is 0 Å². The molecule has 3 rings (SSSR count). The maximum atomic E-state index is 12.3. The van der Waals surface area contributed by atoms with Gasteiger partial charge in [-0.2, -0.15) is 5.10 Å². The molecule has 2 aromatic heterocycles. The fraction of sp³-hybridized carbons (Fsp3) is 0.250. The number of benzene rings is 1. The Labute approximate surface area is 168 Å². The van der Waals surface area contributed by atoms with E-state index >= 15 is 0 Å². The number of nitrogens with zero attached hydrogens (tertiary/aromatic N) is 3. The fourth-order valence-electron chi connectivity index (χ4n) is 2.49. The van der Waals surface area contributed by atoms with Gasteiger partial charge in [-0.15, -0.1) is 0 Å². The van der Waals surface area contributed by atoms with E-state index in [1.807, 2.05) is 25.1 Å². The van der Waals surface area contributed by atoms with E-state index in [1.54, 1.807) is 37.7 Å². The lowest BCUT2D eigenvalue weighted by atomic mass is 10.3. The molecule has 28 heavy (non-hydrogen) atoms. The van der Waals surface area contributed by atoms with E-state index in [4.69, 9.17) is 20.8 Å². The van der Waals surface area contributed by atoms with Gasteiger partial charge in [0, 0.05) is 18.6 Å². The van der Waals surface area contributed by atoms with Crippen LogP contribution in [0.1, 0.15) is 35.4 Å². The van der Waals surface area contributed by atoms with Crippen LogP contribution >= 0.6 is 11.6 Å². The van der Waals surface area contributed by atoms with Gasteiger partial charge in [0.05, 0.1) is 12.4 Å². The normalized spacial score (nSPS) is 11.1. The van der Waals surface area contributed by atoms with Gasteiger partial charge in [-0.25, -0.2) is 4.99 Å². The van der Waals surface area contributed by atoms with Gasteiger partial charge >= 0.3 is 0 Å². The van der Waals surface area contributed by atoms with Crippen molar-refractivity contribution < 1.29 is 13.9 Å². The number of halogens is 1. The molecule has 0 fully saturated rings. The van der Waals surface area contributed by atoms with Gasteiger partial charge in [0.15, 0.2) is 5.69 Å². The molecule has 0 bridgehead atoms. The summed E-state index contributed by atoms with van der Waals surface area (Å²) < 4.78 is 12.8. The number of nitrogens with one attached hydrogen (secondary N) is 1. The Kier molecular flexibility index (Phi) is 6.49. The minimum atomic E-state index is -0.205. The number of hydrogen-bond acceptors (Lipinski definition) is 5. The lowest BCUT2D eigenvalue weighted by Crippen LogP contribution is -2.26. The summed E-state index contributed by atoms with van der Waals surface area (Å²) in [5.41, 5.74) is 0.880. The molecule has 0 radical (unpaired) electrons. The molecule has 8 heteroatoms. The highest BCUT2D eigenvalue weighted by Gasteiger charge is 2.15. The third kappa shape index (κ3) is 5.01. The second-order valence-corrected chi connectivity index (χ2v) is 6.50. The van der Waals surface area contributed by atoms with Crippen molar-refractivity contribution in [3.8, 4) is 5.75 Å². The number of hydrogen-bond donors (Lipinski definition) is 1. The van der Waals surface area contributed by atoms with Gasteiger partial charge in [-0.3, -0.25) is 9.48 Å². The number of rotatable bonds is 8. The molecule has 2 heterocycles. The lowest BCUT2D eigenvalue weighted by Gasteiger charge is -2.04. The Morgan fingerprint density at radius 2 is 2.25 bits per heavy atom. The zero-order valence-electron chi connectivity index (χ0n) is 15.7. The molecule has 0 aliphatic heterocycles. The Morgan fingerprint density at radius 1 is 1.39 bits per heavy atom. The number of aliphatic imine (C=N–C) groups is 1. The predicted octanol–water partition coefficient (Wildman–Crippen LogP) is 4.14. The van der Waals surface area contributed by atoms with Crippen LogP contribution in [-0.4, -0.2) is 28.4 Å². The minimum Gasteiger partial charge on any atom is -0.486 e. The SMILES string of the molecule is CCCNC(=O)c1c(N=Cc2ccc(COc3cccc(Cl)c3)o2)cnn1C. The summed E-state index contributed by atoms with van der Waals surface area (Å²) in [6.45, 7) is 2.86. The second-order valence-electron chi connectivity index (χ2n) is 6.07. The summed E-state index contributed by atoms with van der Waals surface area (Å²) in [6, 6.07) is 10.8. The number of ether oxygens (including phenoxy) is 1. The van der Waals surface area contributed by atoms with Gasteiger partial charge in [0.2, 0.25) is 0 Å². The third-order valence-corrected chi connectivity index (χ3v) is 4.10. The fourth-order valence-corrected chi connectivity index (χ4v) is 2.67. The highest BCUT2D eigenvalue weighted by Crippen LogP contribution is 2.20. The van der Waals surface area contributed by atoms with Crippen molar-refractivity contribution in [1.82, 2.24) is 15.1 Å². The first-order valence-corrected chi connectivity index (χ1v) is 9.26. The Balaban J connectivity index is 1.65. The van der Waals surface area contributed by atoms with Crippen LogP contribution in [0.3, 0.4) is 0 Å². The number of aromatic nitrogens is 2. The van der Waals surface area contributed by atoms with Crippen molar-refractivity contribution in [1.29, 1.82) is 0 Å². The smallest absolute Gasteiger partial charge is 0.271 e. The van der Waals surface area contributed by atoms with Crippen LogP contribution in [0.5, 0.6) is 5.75 Å². The predicted molar refractivity (Wildman–Crippen MR) is 108 cm³/mol. The van der Waals surface area contributed by atoms with Crippen LogP contribution in [0.15, 0.2) is 52.0 Å². The Morgan fingerprint density at radius 3 is 3.04 bits per heavy atom. The average Bonchev–Trinajstić information content (AvgIpc) is 3.29. The molecule has 7 nitrogen and oxygen atoms in total. The number of amides is 1. The quantitative estimate of drug-likeness (QED) is 0.576. The summed E-state index contributed by atoms with van der Waals surface area (Å²) in [7, 11) is 1.71. The number of carbonyl (C=O) groups excluding carboxylic acids is 1. The van der Waals surface area contributed by atoms with Crippen LogP contribution in [0.4, 0.5) is 5.69 Å². The first kappa shape index (κ1) is 19.7. The first-order valence-electron chi connectivity index (χ1n) is 8.88. The summed E-state index contributed by atoms with van der Waals surface area (Å²) in [4.78, 5) is 16.6. The van der Waals surface area contributed by atoms with E-state index in [-0.39, 0.29) is 12.5 Å². The van der Waals surface area contributed by atoms with Gasteiger partial charge in [0.25, 0.3) is 5.91 Å². The summed E-state index contributed by atoms with van der Waals surface area (Å²) in [5.74, 6) is 1.66. The second kappa shape index (κ2) is 9.23. The molecule has 0 saturated heterocycles. The van der Waals surface area contributed by atoms with Crippen molar-refractivity contribution in [2.45, 2.75) is 20.0 Å². The number of aryl methyl sites for hydroxylation is 1. The third-order valence-electron chi connectivity index (χ3n) is 3.86. The molecule has 0 aliphatic rings. The highest BCUT2D eigenvalue weighted by atomic mass is 35.5. The molecule has 0 unspecified atom stereocenters. The van der Waals surface area contributed by atoms with E-state index in [2.05, 4.69) is 15.4 Å². The van der Waals surface area contributed by atoms with Gasteiger partial charge in [-0.05, 0) is 36.8 Å². The van der Waals surface area contributed by atoms with Crippen molar-refractivity contribution in [2.75, 3.05) is 6.54 Å². The van der Waals surface area contributed by atoms with Crippen molar-refractivity contribution in [3.63, 3.8) is 0 Å². The first-order chi connectivity index (χ1) is 13.6. The van der Waals surface area contributed by atoms with E-state index in [0.29, 0.717) is 40.2 Å². The molecule has 1 aromatic carbocycles. The lowest BCUT2D eigenvalue weighted by molar-refractivity contribution is 0.0945. The van der Waals surface area contributed by atoms with Crippen molar-refractivity contribution in [3.05, 3.63) is 64.8 Å². The monoisotopic (exact) mass is 400 g/mol. The molecule has 0 aliphatic carbocycles. The van der Waals surface area contributed by atoms with Crippen LogP contribution in [0, 0.1) is 0 Å². The molecule has 0 atom stereocenters. The van der Waals surface area contributed by atoms with Crippen molar-refractivity contribution in [2.24, 2.45) is 12.0 Å². The van der Waals surface area contributed by atoms with Crippen LogP contribution < -0.4 is 10.1 Å². The Bertz CT molecular complexity index is 977. The van der Waals surface area contributed by atoms with E-state index in [1.165, 1.54) is 4.68 Å². The topological polar surface area (TPSA) is 81.7 Å². The maximum Gasteiger partial charge on any atom is 0.271 e. The summed E-state index contributed by atoms with van der Waals surface area (Å²) in [6.07, 6.45) is 3.95. The van der Waals surface area contributed by atoms with Gasteiger partial charge < -0.3 is 14.5 Å². The standard InChI is InChI=1S/C20H21ClN4O3/c1-3-9-22-20(26)19-18(12-24-25(19)2)23-11-16-7-8-17(28-16)13-27-15-6-4-5-14(21)10-15/h4-8,10-12H,3,9,13H2,1-2H3,(H,22,26). The molecule has 0 saturated carbocycles. The number of carbonyl (C=O) groups is 1. The van der Waals surface area contributed by atoms with Crippen LogP contribution in [-0.2, 0) is 13.7 Å². The largest absolute Gasteiger partial charge is 0.486 e. The Hall–Kier alpha value is -3.06. The van der Waals surface area contributed by atoms with Crippen LogP contribution in [0.2, 0.25) is 5.02 Å². The summed E-state index contributed by atoms with van der Waals surface area (Å²) >= 11 is 5.94. The van der Waals surface area contributed by atoms with Gasteiger partial charge in [-0.1, -0.05) is 24.6 Å². The zero-order valence-corrected chi connectivity index (χ0v) is 16.4. The average molecular weight is 401 g/mol. The van der Waals surface area contributed by atoms with Crippen molar-refractivity contribution >= 4 is 29.4 Å². The zero-order chi connectivity index (χ0) is 19.9. The van der Waals surface area contributed by atoms with Gasteiger partial charge in [0.1, 0.15) is 29.6 Å². The van der Waals surface area contributed by atoms with E-state index < -0.39 is 0 Å². The molecular formula is C20H21ClN4O3. The number of furan rings is 1. The summed E-state index contributed by atoms with van der Waals surface area (Å²) in [5, 5.41) is 7.56. The molecule has 146 valence electrons.